The molecular formula is C19H19N3O4. The summed E-state index contributed by atoms with van der Waals surface area (Å²) >= 11 is 0. The molecule has 134 valence electrons. The smallest absolute Gasteiger partial charge is 0.329 e. The van der Waals surface area contributed by atoms with Gasteiger partial charge in [-0.05, 0) is 31.2 Å². The number of nitrogens with one attached hydrogen (secondary N) is 1. The Hall–Kier alpha value is -3.22. The van der Waals surface area contributed by atoms with Crippen molar-refractivity contribution in [2.75, 3.05) is 18.5 Å². The van der Waals surface area contributed by atoms with Crippen molar-refractivity contribution in [3.63, 3.8) is 0 Å². The van der Waals surface area contributed by atoms with Crippen molar-refractivity contribution in [2.24, 2.45) is 0 Å². The third-order valence-electron chi connectivity index (χ3n) is 4.37. The molecule has 1 aliphatic heterocycles. The summed E-state index contributed by atoms with van der Waals surface area (Å²) in [5.74, 6) is 0.994. The number of fused-ring (bicyclic) bond motifs is 2. The molecule has 0 unspecified atom stereocenters. The fraction of sp³-hybridized carbons (Fsp3) is 0.263. The molecule has 0 saturated heterocycles. The molecule has 0 spiro atoms. The van der Waals surface area contributed by atoms with Gasteiger partial charge in [-0.25, -0.2) is 4.79 Å². The maximum absolute atomic E-state index is 12.6. The third-order valence-corrected chi connectivity index (χ3v) is 4.37. The summed E-state index contributed by atoms with van der Waals surface area (Å²) in [6, 6.07) is 12.7. The Bertz CT molecular complexity index is 1030. The number of nitrogens with zero attached hydrogens (tertiary/aromatic N) is 2. The Kier molecular flexibility index (Phi) is 4.12. The lowest BCUT2D eigenvalue weighted by molar-refractivity contribution is -0.116. The van der Waals surface area contributed by atoms with Gasteiger partial charge in [0.2, 0.25) is 5.91 Å². The number of imidazole rings is 1. The molecule has 1 N–H and O–H groups in total. The van der Waals surface area contributed by atoms with Crippen LogP contribution in [0, 0.1) is 0 Å². The molecule has 1 aromatic heterocycles. The van der Waals surface area contributed by atoms with Gasteiger partial charge >= 0.3 is 5.69 Å². The molecule has 2 heterocycles. The van der Waals surface area contributed by atoms with Gasteiger partial charge in [0.1, 0.15) is 19.8 Å². The second-order valence-corrected chi connectivity index (χ2v) is 6.01. The number of hydrogen-bond acceptors (Lipinski definition) is 4. The van der Waals surface area contributed by atoms with Crippen LogP contribution in [0.15, 0.2) is 47.3 Å². The summed E-state index contributed by atoms with van der Waals surface area (Å²) in [7, 11) is 0. The Balaban J connectivity index is 1.58. The van der Waals surface area contributed by atoms with E-state index in [4.69, 9.17) is 9.47 Å². The molecule has 0 aliphatic carbocycles. The molecule has 4 rings (SSSR count). The molecular weight excluding hydrogens is 334 g/mol. The Morgan fingerprint density at radius 1 is 1.04 bits per heavy atom. The number of ether oxygens (including phenoxy) is 2. The normalized spacial score (nSPS) is 13.0. The molecule has 26 heavy (non-hydrogen) atoms. The fourth-order valence-corrected chi connectivity index (χ4v) is 3.20. The van der Waals surface area contributed by atoms with E-state index in [1.165, 1.54) is 4.57 Å². The molecule has 7 nitrogen and oxygen atoms in total. The van der Waals surface area contributed by atoms with Crippen LogP contribution in [0.2, 0.25) is 0 Å². The van der Waals surface area contributed by atoms with Crippen LogP contribution >= 0.6 is 0 Å². The fourth-order valence-electron chi connectivity index (χ4n) is 3.20. The average molecular weight is 353 g/mol. The molecule has 2 aromatic carbocycles. The number of benzene rings is 2. The lowest BCUT2D eigenvalue weighted by Gasteiger charge is -2.19. The Labute approximate surface area is 149 Å². The first-order valence-electron chi connectivity index (χ1n) is 8.55. The van der Waals surface area contributed by atoms with Gasteiger partial charge in [0.25, 0.3) is 0 Å². The molecule has 1 aliphatic rings. The highest BCUT2D eigenvalue weighted by Gasteiger charge is 2.16. The number of carbonyl (C=O) groups is 1. The number of rotatable bonds is 4. The topological polar surface area (TPSA) is 74.5 Å². The van der Waals surface area contributed by atoms with E-state index in [0.29, 0.717) is 36.9 Å². The van der Waals surface area contributed by atoms with Crippen molar-refractivity contribution in [1.29, 1.82) is 0 Å². The van der Waals surface area contributed by atoms with Crippen LogP contribution in [0.25, 0.3) is 11.0 Å². The zero-order valence-electron chi connectivity index (χ0n) is 14.4. The Morgan fingerprint density at radius 2 is 1.73 bits per heavy atom. The number of hydrogen-bond donors (Lipinski definition) is 1. The number of carbonyl (C=O) groups excluding carboxylic acids is 1. The SMILES string of the molecule is CCn1c(=O)n(CC(=O)Nc2ccc3c(c2)OCCO3)c2ccccc21. The van der Waals surface area contributed by atoms with E-state index in [2.05, 4.69) is 5.32 Å². The van der Waals surface area contributed by atoms with Gasteiger partial charge in [0.05, 0.1) is 11.0 Å². The van der Waals surface area contributed by atoms with Crippen molar-refractivity contribution in [2.45, 2.75) is 20.0 Å². The van der Waals surface area contributed by atoms with Crippen LogP contribution in [0.4, 0.5) is 5.69 Å². The van der Waals surface area contributed by atoms with Gasteiger partial charge < -0.3 is 14.8 Å². The third kappa shape index (κ3) is 2.81. The summed E-state index contributed by atoms with van der Waals surface area (Å²) in [6.45, 7) is 3.41. The molecule has 0 atom stereocenters. The summed E-state index contributed by atoms with van der Waals surface area (Å²) in [5, 5.41) is 2.82. The van der Waals surface area contributed by atoms with Crippen LogP contribution in [-0.4, -0.2) is 28.3 Å². The zero-order valence-corrected chi connectivity index (χ0v) is 14.4. The van der Waals surface area contributed by atoms with E-state index >= 15 is 0 Å². The number of aromatic nitrogens is 2. The monoisotopic (exact) mass is 353 g/mol. The van der Waals surface area contributed by atoms with Gasteiger partial charge in [-0.3, -0.25) is 13.9 Å². The molecule has 1 amide bonds. The molecule has 0 radical (unpaired) electrons. The molecule has 0 saturated carbocycles. The predicted octanol–water partition coefficient (Wildman–Crippen LogP) is 2.23. The lowest BCUT2D eigenvalue weighted by Crippen LogP contribution is -2.29. The van der Waals surface area contributed by atoms with E-state index < -0.39 is 0 Å². The highest BCUT2D eigenvalue weighted by atomic mass is 16.6. The lowest BCUT2D eigenvalue weighted by atomic mass is 10.2. The highest BCUT2D eigenvalue weighted by molar-refractivity contribution is 5.92. The molecule has 0 bridgehead atoms. The quantitative estimate of drug-likeness (QED) is 0.781. The van der Waals surface area contributed by atoms with E-state index in [-0.39, 0.29) is 18.1 Å². The first-order chi connectivity index (χ1) is 12.7. The standard InChI is InChI=1S/C19H19N3O4/c1-2-21-14-5-3-4-6-15(14)22(19(21)24)12-18(23)20-13-7-8-16-17(11-13)26-10-9-25-16/h3-8,11H,2,9-10,12H2,1H3,(H,20,23). The summed E-state index contributed by atoms with van der Waals surface area (Å²) in [5.41, 5.74) is 1.99. The van der Waals surface area contributed by atoms with Crippen LogP contribution in [0.1, 0.15) is 6.92 Å². The second kappa shape index (κ2) is 6.59. The average Bonchev–Trinajstić information content (AvgIpc) is 2.93. The van der Waals surface area contributed by atoms with Crippen LogP contribution < -0.4 is 20.5 Å². The van der Waals surface area contributed by atoms with E-state index in [0.717, 1.165) is 11.0 Å². The maximum Gasteiger partial charge on any atom is 0.329 e. The van der Waals surface area contributed by atoms with Crippen LogP contribution in [-0.2, 0) is 17.9 Å². The Morgan fingerprint density at radius 3 is 2.46 bits per heavy atom. The van der Waals surface area contributed by atoms with Gasteiger partial charge in [0.15, 0.2) is 11.5 Å². The van der Waals surface area contributed by atoms with Crippen molar-refractivity contribution in [3.8, 4) is 11.5 Å². The minimum atomic E-state index is -0.275. The van der Waals surface area contributed by atoms with E-state index in [1.54, 1.807) is 22.8 Å². The van der Waals surface area contributed by atoms with Crippen molar-refractivity contribution < 1.29 is 14.3 Å². The van der Waals surface area contributed by atoms with Gasteiger partial charge in [-0.2, -0.15) is 0 Å². The zero-order chi connectivity index (χ0) is 18.1. The van der Waals surface area contributed by atoms with Crippen molar-refractivity contribution in [1.82, 2.24) is 9.13 Å². The number of amides is 1. The minimum Gasteiger partial charge on any atom is -0.486 e. The highest BCUT2D eigenvalue weighted by Crippen LogP contribution is 2.32. The summed E-state index contributed by atoms with van der Waals surface area (Å²) in [4.78, 5) is 25.1. The van der Waals surface area contributed by atoms with Crippen molar-refractivity contribution >= 4 is 22.6 Å². The van der Waals surface area contributed by atoms with E-state index in [9.17, 15) is 9.59 Å². The molecule has 3 aromatic rings. The largest absolute Gasteiger partial charge is 0.486 e. The minimum absolute atomic E-state index is 0.0548. The molecule has 7 heteroatoms. The summed E-state index contributed by atoms with van der Waals surface area (Å²) in [6.07, 6.45) is 0. The number of anilines is 1. The van der Waals surface area contributed by atoms with Crippen LogP contribution in [0.3, 0.4) is 0 Å². The first kappa shape index (κ1) is 16.3. The number of para-hydroxylation sites is 2. The van der Waals surface area contributed by atoms with Gasteiger partial charge in [-0.15, -0.1) is 0 Å². The second-order valence-electron chi connectivity index (χ2n) is 6.01. The summed E-state index contributed by atoms with van der Waals surface area (Å²) < 4.78 is 14.1. The predicted molar refractivity (Wildman–Crippen MR) is 97.9 cm³/mol. The number of aryl methyl sites for hydroxylation is 1. The van der Waals surface area contributed by atoms with Crippen LogP contribution in [0.5, 0.6) is 11.5 Å². The van der Waals surface area contributed by atoms with E-state index in [1.807, 2.05) is 31.2 Å². The van der Waals surface area contributed by atoms with Gasteiger partial charge in [-0.1, -0.05) is 12.1 Å². The maximum atomic E-state index is 12.6. The first-order valence-corrected chi connectivity index (χ1v) is 8.55. The molecule has 0 fully saturated rings. The van der Waals surface area contributed by atoms with Crippen molar-refractivity contribution in [3.05, 3.63) is 52.9 Å². The van der Waals surface area contributed by atoms with Gasteiger partial charge in [0, 0.05) is 18.3 Å².